The number of H-pyrrole nitrogens is 1. The molecule has 3 nitrogen and oxygen atoms in total. The zero-order valence-corrected chi connectivity index (χ0v) is 8.59. The predicted molar refractivity (Wildman–Crippen MR) is 57.8 cm³/mol. The lowest BCUT2D eigenvalue weighted by atomic mass is 10.0. The van der Waals surface area contributed by atoms with Crippen LogP contribution >= 0.6 is 0 Å². The van der Waals surface area contributed by atoms with Crippen LogP contribution in [0.5, 0.6) is 0 Å². The van der Waals surface area contributed by atoms with E-state index < -0.39 is 0 Å². The average molecular weight is 198 g/mol. The van der Waals surface area contributed by atoms with Crippen molar-refractivity contribution in [1.82, 2.24) is 4.98 Å². The molecule has 0 aliphatic rings. The van der Waals surface area contributed by atoms with Gasteiger partial charge in [-0.2, -0.15) is 5.26 Å². The Labute approximate surface area is 87.3 Å². The normalized spacial score (nSPS) is 10.2. The number of nitriles is 1. The van der Waals surface area contributed by atoms with Gasteiger partial charge in [0.2, 0.25) is 0 Å². The molecule has 0 fully saturated rings. The average Bonchev–Trinajstić information content (AvgIpc) is 2.57. The van der Waals surface area contributed by atoms with Gasteiger partial charge in [-0.1, -0.05) is 12.1 Å². The summed E-state index contributed by atoms with van der Waals surface area (Å²) in [7, 11) is 0. The first-order valence-electron chi connectivity index (χ1n) is 4.67. The summed E-state index contributed by atoms with van der Waals surface area (Å²) in [4.78, 5) is 14.4. The van der Waals surface area contributed by atoms with Gasteiger partial charge in [-0.3, -0.25) is 4.79 Å². The van der Waals surface area contributed by atoms with E-state index in [4.69, 9.17) is 5.26 Å². The second-order valence-corrected chi connectivity index (χ2v) is 3.54. The number of nitrogens with zero attached hydrogens (tertiary/aromatic N) is 1. The van der Waals surface area contributed by atoms with Crippen LogP contribution in [0, 0.1) is 18.3 Å². The van der Waals surface area contributed by atoms with E-state index in [2.05, 4.69) is 4.98 Å². The van der Waals surface area contributed by atoms with Gasteiger partial charge in [0.15, 0.2) is 5.78 Å². The maximum absolute atomic E-state index is 11.5. The number of Topliss-reactive ketones (excluding diaryl/α,β-unsaturated/α-hetero) is 1. The van der Waals surface area contributed by atoms with Gasteiger partial charge < -0.3 is 4.98 Å². The number of benzene rings is 1. The third-order valence-corrected chi connectivity index (χ3v) is 2.50. The molecule has 1 heterocycles. The molecule has 74 valence electrons. The number of hydrogen-bond acceptors (Lipinski definition) is 2. The molecule has 0 aliphatic carbocycles. The Morgan fingerprint density at radius 3 is 2.80 bits per heavy atom. The summed E-state index contributed by atoms with van der Waals surface area (Å²) in [5.41, 5.74) is 2.71. The fourth-order valence-electron chi connectivity index (χ4n) is 1.86. The maximum atomic E-state index is 11.5. The molecule has 1 N–H and O–H groups in total. The van der Waals surface area contributed by atoms with Crippen molar-refractivity contribution in [2.75, 3.05) is 0 Å². The number of aromatic amines is 1. The minimum absolute atomic E-state index is 0.0768. The van der Waals surface area contributed by atoms with Gasteiger partial charge in [-0.15, -0.1) is 0 Å². The Morgan fingerprint density at radius 1 is 1.47 bits per heavy atom. The third kappa shape index (κ3) is 1.31. The molecule has 0 spiro atoms. The number of nitrogens with one attached hydrogen (secondary N) is 1. The topological polar surface area (TPSA) is 56.6 Å². The summed E-state index contributed by atoms with van der Waals surface area (Å²) in [6.45, 7) is 3.42. The van der Waals surface area contributed by atoms with Crippen LogP contribution in [0.15, 0.2) is 18.2 Å². The van der Waals surface area contributed by atoms with Crippen LogP contribution in [-0.4, -0.2) is 10.8 Å². The van der Waals surface area contributed by atoms with Gasteiger partial charge >= 0.3 is 0 Å². The Balaban J connectivity index is 2.97. The van der Waals surface area contributed by atoms with Crippen molar-refractivity contribution >= 4 is 16.7 Å². The van der Waals surface area contributed by atoms with E-state index in [1.54, 1.807) is 0 Å². The molecule has 0 amide bonds. The minimum atomic E-state index is -0.0768. The predicted octanol–water partition coefficient (Wildman–Crippen LogP) is 2.55. The highest BCUT2D eigenvalue weighted by atomic mass is 16.1. The summed E-state index contributed by atoms with van der Waals surface area (Å²) in [5, 5.41) is 9.79. The molecule has 0 radical (unpaired) electrons. The van der Waals surface area contributed by atoms with E-state index >= 15 is 0 Å². The van der Waals surface area contributed by atoms with Crippen LogP contribution in [0.3, 0.4) is 0 Å². The Bertz CT molecular complexity index is 587. The SMILES string of the molecule is CC(=O)c1c(C#N)[nH]c2cccc(C)c12. The number of fused-ring (bicyclic) bond motifs is 1. The van der Waals surface area contributed by atoms with Gasteiger partial charge in [0.05, 0.1) is 5.56 Å². The van der Waals surface area contributed by atoms with E-state index in [1.165, 1.54) is 6.92 Å². The van der Waals surface area contributed by atoms with Crippen LogP contribution in [0.4, 0.5) is 0 Å². The lowest BCUT2D eigenvalue weighted by Crippen LogP contribution is -1.94. The Morgan fingerprint density at radius 2 is 2.20 bits per heavy atom. The van der Waals surface area contributed by atoms with Crippen molar-refractivity contribution in [2.45, 2.75) is 13.8 Å². The van der Waals surface area contributed by atoms with Gasteiger partial charge in [-0.05, 0) is 25.5 Å². The number of rotatable bonds is 1. The lowest BCUT2D eigenvalue weighted by Gasteiger charge is -1.97. The monoisotopic (exact) mass is 198 g/mol. The summed E-state index contributed by atoms with van der Waals surface area (Å²) in [6.07, 6.45) is 0. The van der Waals surface area contributed by atoms with E-state index in [9.17, 15) is 4.79 Å². The number of carbonyl (C=O) groups is 1. The molecule has 0 unspecified atom stereocenters. The molecular formula is C12H10N2O. The largest absolute Gasteiger partial charge is 0.346 e. The van der Waals surface area contributed by atoms with E-state index in [0.29, 0.717) is 11.3 Å². The van der Waals surface area contributed by atoms with E-state index in [1.807, 2.05) is 31.2 Å². The molecular weight excluding hydrogens is 188 g/mol. The molecule has 15 heavy (non-hydrogen) atoms. The molecule has 1 aromatic carbocycles. The Hall–Kier alpha value is -2.08. The van der Waals surface area contributed by atoms with Crippen molar-refractivity contribution in [3.05, 3.63) is 35.0 Å². The molecule has 0 bridgehead atoms. The number of hydrogen-bond donors (Lipinski definition) is 1. The third-order valence-electron chi connectivity index (χ3n) is 2.50. The molecule has 0 atom stereocenters. The molecule has 3 heteroatoms. The lowest BCUT2D eigenvalue weighted by molar-refractivity contribution is 0.101. The highest BCUT2D eigenvalue weighted by Gasteiger charge is 2.16. The second kappa shape index (κ2) is 3.25. The first-order valence-corrected chi connectivity index (χ1v) is 4.67. The molecule has 0 aliphatic heterocycles. The molecule has 0 saturated carbocycles. The molecule has 2 rings (SSSR count). The summed E-state index contributed by atoms with van der Waals surface area (Å²) in [6, 6.07) is 7.72. The van der Waals surface area contributed by atoms with Gasteiger partial charge in [0.1, 0.15) is 11.8 Å². The quantitative estimate of drug-likeness (QED) is 0.716. The van der Waals surface area contributed by atoms with Crippen LogP contribution < -0.4 is 0 Å². The summed E-state index contributed by atoms with van der Waals surface area (Å²) < 4.78 is 0. The Kier molecular flexibility index (Phi) is 2.05. The highest BCUT2D eigenvalue weighted by Crippen LogP contribution is 2.25. The van der Waals surface area contributed by atoms with Crippen LogP contribution in [-0.2, 0) is 0 Å². The van der Waals surface area contributed by atoms with Crippen molar-refractivity contribution < 1.29 is 4.79 Å². The van der Waals surface area contributed by atoms with Gasteiger partial charge in [0, 0.05) is 10.9 Å². The number of aryl methyl sites for hydroxylation is 1. The second-order valence-electron chi connectivity index (χ2n) is 3.54. The minimum Gasteiger partial charge on any atom is -0.346 e. The van der Waals surface area contributed by atoms with Crippen molar-refractivity contribution in [1.29, 1.82) is 5.26 Å². The van der Waals surface area contributed by atoms with Crippen molar-refractivity contribution in [3.63, 3.8) is 0 Å². The van der Waals surface area contributed by atoms with Gasteiger partial charge in [0.25, 0.3) is 0 Å². The smallest absolute Gasteiger partial charge is 0.163 e. The standard InChI is InChI=1S/C12H10N2O/c1-7-4-3-5-9-11(7)12(8(2)15)10(6-13)14-9/h3-5,14H,1-2H3. The van der Waals surface area contributed by atoms with Gasteiger partial charge in [-0.25, -0.2) is 0 Å². The van der Waals surface area contributed by atoms with Crippen molar-refractivity contribution in [3.8, 4) is 6.07 Å². The van der Waals surface area contributed by atoms with E-state index in [0.717, 1.165) is 16.5 Å². The first kappa shape index (κ1) is 9.47. The fourth-order valence-corrected chi connectivity index (χ4v) is 1.86. The van der Waals surface area contributed by atoms with Crippen LogP contribution in [0.25, 0.3) is 10.9 Å². The fraction of sp³-hybridized carbons (Fsp3) is 0.167. The van der Waals surface area contributed by atoms with Crippen LogP contribution in [0.1, 0.15) is 28.5 Å². The first-order chi connectivity index (χ1) is 7.15. The highest BCUT2D eigenvalue weighted by molar-refractivity contribution is 6.10. The zero-order chi connectivity index (χ0) is 11.0. The summed E-state index contributed by atoms with van der Waals surface area (Å²) in [5.74, 6) is -0.0768. The number of ketones is 1. The number of carbonyl (C=O) groups excluding carboxylic acids is 1. The molecule has 1 aromatic heterocycles. The zero-order valence-electron chi connectivity index (χ0n) is 8.59. The van der Waals surface area contributed by atoms with Crippen molar-refractivity contribution in [2.24, 2.45) is 0 Å². The van der Waals surface area contributed by atoms with E-state index in [-0.39, 0.29) is 5.78 Å². The van der Waals surface area contributed by atoms with Crippen LogP contribution in [0.2, 0.25) is 0 Å². The maximum Gasteiger partial charge on any atom is 0.163 e. The molecule has 0 saturated heterocycles. The number of aromatic nitrogens is 1. The summed E-state index contributed by atoms with van der Waals surface area (Å²) >= 11 is 0. The molecule has 2 aromatic rings.